The molecule has 1 saturated carbocycles. The van der Waals surface area contributed by atoms with Crippen molar-refractivity contribution in [3.05, 3.63) is 23.8 Å². The molecule has 1 fully saturated rings. The fourth-order valence-electron chi connectivity index (χ4n) is 2.06. The summed E-state index contributed by atoms with van der Waals surface area (Å²) in [5.41, 5.74) is 0.963. The minimum atomic E-state index is -0.234. The molecule has 1 aromatic carbocycles. The zero-order valence-electron chi connectivity index (χ0n) is 10.6. The van der Waals surface area contributed by atoms with Gasteiger partial charge in [0.25, 0.3) is 0 Å². The molecular formula is C13H14NO4Y+2. The summed E-state index contributed by atoms with van der Waals surface area (Å²) in [6, 6.07) is 5.04. The Morgan fingerprint density at radius 1 is 1.58 bits per heavy atom. The van der Waals surface area contributed by atoms with E-state index in [1.807, 2.05) is 0 Å². The third-order valence-corrected chi connectivity index (χ3v) is 3.03. The van der Waals surface area contributed by atoms with Crippen LogP contribution in [-0.4, -0.2) is 24.1 Å². The fourth-order valence-corrected chi connectivity index (χ4v) is 2.06. The second-order valence-corrected chi connectivity index (χ2v) is 4.17. The molecule has 2 N–H and O–H groups in total. The van der Waals surface area contributed by atoms with E-state index in [2.05, 4.69) is 5.32 Å². The largest absolute Gasteiger partial charge is 3.00 e. The third kappa shape index (κ3) is 3.54. The van der Waals surface area contributed by atoms with Gasteiger partial charge in [-0.1, -0.05) is 17.8 Å². The third-order valence-electron chi connectivity index (χ3n) is 3.03. The molecule has 0 bridgehead atoms. The van der Waals surface area contributed by atoms with Gasteiger partial charge >= 0.3 is 38.7 Å². The van der Waals surface area contributed by atoms with Crippen molar-refractivity contribution in [1.29, 1.82) is 0 Å². The van der Waals surface area contributed by atoms with Gasteiger partial charge in [-0.2, -0.15) is 0 Å². The number of carbonyl (C=O) groups is 1. The predicted molar refractivity (Wildman–Crippen MR) is 64.9 cm³/mol. The van der Waals surface area contributed by atoms with E-state index in [1.165, 1.54) is 6.41 Å². The van der Waals surface area contributed by atoms with Gasteiger partial charge in [-0.05, 0) is 18.9 Å². The molecule has 2 rings (SSSR count). The number of hydrogen-bond donors (Lipinski definition) is 2. The molecular weight excluding hydrogens is 323 g/mol. The number of carbonyl (C=O) groups excluding carboxylic acids is 2. The average molecular weight is 337 g/mol. The van der Waals surface area contributed by atoms with Crippen LogP contribution in [0.1, 0.15) is 24.8 Å². The molecule has 6 heteroatoms. The van der Waals surface area contributed by atoms with E-state index in [4.69, 9.17) is 4.74 Å². The van der Waals surface area contributed by atoms with Gasteiger partial charge in [0.1, 0.15) is 0 Å². The van der Waals surface area contributed by atoms with Gasteiger partial charge in [0.05, 0.1) is 24.7 Å². The monoisotopic (exact) mass is 337 g/mol. The van der Waals surface area contributed by atoms with Gasteiger partial charge in [0, 0.05) is 5.92 Å². The second-order valence-electron chi connectivity index (χ2n) is 4.17. The van der Waals surface area contributed by atoms with Gasteiger partial charge in [-0.15, -0.1) is 6.07 Å². The normalized spacial score (nSPS) is 20.1. The zero-order valence-corrected chi connectivity index (χ0v) is 13.4. The van der Waals surface area contributed by atoms with E-state index >= 15 is 0 Å². The SMILES string of the molecule is CCOC(=O)C1CC1c1cccc(N[C-]=O)c1O.[Y+3]. The quantitative estimate of drug-likeness (QED) is 0.370. The Bertz CT molecular complexity index is 478. The Morgan fingerprint density at radius 3 is 2.95 bits per heavy atom. The molecule has 0 aliphatic heterocycles. The van der Waals surface area contributed by atoms with Crippen LogP contribution in [0.2, 0.25) is 0 Å². The van der Waals surface area contributed by atoms with Crippen molar-refractivity contribution < 1.29 is 52.1 Å². The van der Waals surface area contributed by atoms with Crippen molar-refractivity contribution >= 4 is 18.1 Å². The van der Waals surface area contributed by atoms with Crippen molar-refractivity contribution in [2.45, 2.75) is 19.3 Å². The van der Waals surface area contributed by atoms with Crippen molar-refractivity contribution in [3.8, 4) is 5.75 Å². The number of esters is 1. The Hall–Kier alpha value is -0.936. The van der Waals surface area contributed by atoms with E-state index in [9.17, 15) is 14.7 Å². The number of para-hydroxylation sites is 1. The smallest absolute Gasteiger partial charge is 0.524 e. The van der Waals surface area contributed by atoms with Crippen molar-refractivity contribution in [2.24, 2.45) is 5.92 Å². The van der Waals surface area contributed by atoms with Gasteiger partial charge in [-0.3, -0.25) is 4.79 Å². The molecule has 1 aliphatic carbocycles. The van der Waals surface area contributed by atoms with Gasteiger partial charge in [0.2, 0.25) is 0 Å². The van der Waals surface area contributed by atoms with Crippen LogP contribution in [0.15, 0.2) is 18.2 Å². The molecule has 2 atom stereocenters. The molecule has 0 heterocycles. The van der Waals surface area contributed by atoms with Crippen molar-refractivity contribution in [3.63, 3.8) is 0 Å². The summed E-state index contributed by atoms with van der Waals surface area (Å²) in [4.78, 5) is 21.8. The summed E-state index contributed by atoms with van der Waals surface area (Å²) in [6.45, 7) is 2.12. The average Bonchev–Trinajstić information content (AvgIpc) is 3.12. The zero-order chi connectivity index (χ0) is 13.1. The van der Waals surface area contributed by atoms with Gasteiger partial charge in [-0.25, -0.2) is 0 Å². The summed E-state index contributed by atoms with van der Waals surface area (Å²) < 4.78 is 4.94. The van der Waals surface area contributed by atoms with Gasteiger partial charge < -0.3 is 20.0 Å². The molecule has 0 radical (unpaired) electrons. The molecule has 96 valence electrons. The van der Waals surface area contributed by atoms with Crippen molar-refractivity contribution in [1.82, 2.24) is 0 Å². The summed E-state index contributed by atoms with van der Waals surface area (Å²) in [6.07, 6.45) is 2.18. The van der Waals surface area contributed by atoms with Crippen LogP contribution in [0.4, 0.5) is 5.69 Å². The van der Waals surface area contributed by atoms with E-state index < -0.39 is 0 Å². The Morgan fingerprint density at radius 2 is 2.32 bits per heavy atom. The second kappa shape index (κ2) is 7.01. The number of nitrogens with one attached hydrogen (secondary N) is 1. The number of anilines is 1. The van der Waals surface area contributed by atoms with Crippen LogP contribution in [0.3, 0.4) is 0 Å². The number of rotatable bonds is 5. The maximum absolute atomic E-state index is 11.5. The number of phenols is 1. The minimum absolute atomic E-state index is 0. The summed E-state index contributed by atoms with van der Waals surface area (Å²) >= 11 is 0. The molecule has 1 aromatic rings. The molecule has 0 aromatic heterocycles. The molecule has 0 spiro atoms. The van der Waals surface area contributed by atoms with E-state index in [-0.39, 0.29) is 56.3 Å². The van der Waals surface area contributed by atoms with Crippen LogP contribution in [-0.2, 0) is 47.0 Å². The maximum Gasteiger partial charge on any atom is 3.00 e. The van der Waals surface area contributed by atoms with Crippen LogP contribution in [0.5, 0.6) is 5.75 Å². The van der Waals surface area contributed by atoms with Gasteiger partial charge in [0.15, 0.2) is 0 Å². The van der Waals surface area contributed by atoms with Crippen LogP contribution in [0, 0.1) is 5.92 Å². The summed E-state index contributed by atoms with van der Waals surface area (Å²) in [5, 5.41) is 12.3. The van der Waals surface area contributed by atoms with E-state index in [0.29, 0.717) is 24.3 Å². The molecule has 1 aliphatic rings. The predicted octanol–water partition coefficient (Wildman–Crippen LogP) is 1.54. The topological polar surface area (TPSA) is 75.6 Å². The fraction of sp³-hybridized carbons (Fsp3) is 0.385. The van der Waals surface area contributed by atoms with Crippen LogP contribution in [0.25, 0.3) is 0 Å². The van der Waals surface area contributed by atoms with Crippen LogP contribution >= 0.6 is 0 Å². The standard InChI is InChI=1S/C13H14NO4.Y/c1-2-18-13(17)10-6-9(10)8-4-3-5-11(12(8)16)14-7-15;/h3-5,9-10,16H,2,6H2,1H3,(H,14,15);/q-1;+3. The first-order valence-corrected chi connectivity index (χ1v) is 5.80. The number of ether oxygens (including phenoxy) is 1. The van der Waals surface area contributed by atoms with Crippen molar-refractivity contribution in [2.75, 3.05) is 11.9 Å². The Balaban J connectivity index is 0.00000180. The number of hydrogen-bond acceptors (Lipinski definition) is 4. The number of phenolic OH excluding ortho intramolecular Hbond substituents is 1. The number of aromatic hydroxyl groups is 1. The number of amides is 1. The maximum atomic E-state index is 11.5. The first-order valence-electron chi connectivity index (χ1n) is 5.80. The molecule has 5 nitrogen and oxygen atoms in total. The van der Waals surface area contributed by atoms with E-state index in [0.717, 1.165) is 0 Å². The molecule has 2 unspecified atom stereocenters. The summed E-state index contributed by atoms with van der Waals surface area (Å²) in [7, 11) is 0. The van der Waals surface area contributed by atoms with E-state index in [1.54, 1.807) is 25.1 Å². The first kappa shape index (κ1) is 16.1. The molecule has 19 heavy (non-hydrogen) atoms. The Kier molecular flexibility index (Phi) is 5.95. The van der Waals surface area contributed by atoms with Crippen LogP contribution < -0.4 is 5.32 Å². The Labute approximate surface area is 136 Å². The minimum Gasteiger partial charge on any atom is -0.524 e. The number of benzene rings is 1. The first-order chi connectivity index (χ1) is 8.69. The molecule has 1 amide bonds. The molecule has 0 saturated heterocycles. The summed E-state index contributed by atoms with van der Waals surface area (Å²) in [5.74, 6) is -0.455.